The fourth-order valence-electron chi connectivity index (χ4n) is 1.95. The lowest BCUT2D eigenvalue weighted by Gasteiger charge is -2.12. The summed E-state index contributed by atoms with van der Waals surface area (Å²) in [5, 5.41) is 13.0. The zero-order valence-electron chi connectivity index (χ0n) is 11.0. The Morgan fingerprint density at radius 2 is 2.00 bits per heavy atom. The maximum atomic E-state index is 8.85. The Balaban J connectivity index is 2.15. The minimum absolute atomic E-state index is 0.695. The zero-order valence-corrected chi connectivity index (χ0v) is 11.8. The van der Waals surface area contributed by atoms with Crippen LogP contribution in [0.1, 0.15) is 22.3 Å². The minimum atomic E-state index is 0.695. The molecular weight excluding hydrogens is 256 g/mol. The molecule has 0 radical (unpaired) electrons. The predicted molar refractivity (Wildman–Crippen MR) is 79.4 cm³/mol. The first-order chi connectivity index (χ1) is 9.11. The summed E-state index contributed by atoms with van der Waals surface area (Å²) in [4.78, 5) is 0. The van der Waals surface area contributed by atoms with E-state index in [0.29, 0.717) is 5.56 Å². The molecule has 2 rings (SSSR count). The number of nitrogens with one attached hydrogen (secondary N) is 1. The molecule has 0 saturated carbocycles. The van der Waals surface area contributed by atoms with Gasteiger partial charge in [0, 0.05) is 17.3 Å². The van der Waals surface area contributed by atoms with Crippen LogP contribution < -0.4 is 5.32 Å². The molecule has 19 heavy (non-hydrogen) atoms. The van der Waals surface area contributed by atoms with E-state index in [9.17, 15) is 0 Å². The van der Waals surface area contributed by atoms with Crippen LogP contribution >= 0.6 is 11.6 Å². The standard InChI is InChI=1S/C16H15ClN2/c1-11-8-13(9-18)6-7-14(11)10-19-16-5-3-4-15(17)12(16)2/h3-8,19H,10H2,1-2H3. The Hall–Kier alpha value is -1.98. The number of halogens is 1. The van der Waals surface area contributed by atoms with Crippen molar-refractivity contribution in [3.05, 3.63) is 63.7 Å². The van der Waals surface area contributed by atoms with E-state index in [1.54, 1.807) is 0 Å². The summed E-state index contributed by atoms with van der Waals surface area (Å²) in [6, 6.07) is 13.7. The third kappa shape index (κ3) is 3.07. The van der Waals surface area contributed by atoms with Crippen molar-refractivity contribution in [1.29, 1.82) is 5.26 Å². The molecule has 0 aromatic heterocycles. The van der Waals surface area contributed by atoms with E-state index in [1.807, 2.05) is 50.2 Å². The van der Waals surface area contributed by atoms with E-state index in [2.05, 4.69) is 11.4 Å². The van der Waals surface area contributed by atoms with Crippen molar-refractivity contribution < 1.29 is 0 Å². The normalized spacial score (nSPS) is 10.0. The van der Waals surface area contributed by atoms with Gasteiger partial charge in [-0.1, -0.05) is 23.7 Å². The molecule has 0 saturated heterocycles. The lowest BCUT2D eigenvalue weighted by atomic mass is 10.1. The van der Waals surface area contributed by atoms with Gasteiger partial charge in [0.1, 0.15) is 0 Å². The van der Waals surface area contributed by atoms with Gasteiger partial charge in [0.25, 0.3) is 0 Å². The van der Waals surface area contributed by atoms with Crippen LogP contribution in [0.3, 0.4) is 0 Å². The summed E-state index contributed by atoms with van der Waals surface area (Å²) in [5.74, 6) is 0. The first-order valence-corrected chi connectivity index (χ1v) is 6.48. The molecule has 0 atom stereocenters. The Morgan fingerprint density at radius 1 is 1.21 bits per heavy atom. The average Bonchev–Trinajstić information content (AvgIpc) is 2.41. The second-order valence-corrected chi connectivity index (χ2v) is 4.93. The molecule has 2 aromatic carbocycles. The number of hydrogen-bond acceptors (Lipinski definition) is 2. The van der Waals surface area contributed by atoms with E-state index >= 15 is 0 Å². The highest BCUT2D eigenvalue weighted by Crippen LogP contribution is 2.23. The van der Waals surface area contributed by atoms with Gasteiger partial charge in [-0.15, -0.1) is 0 Å². The molecule has 2 nitrogen and oxygen atoms in total. The van der Waals surface area contributed by atoms with Crippen LogP contribution in [-0.4, -0.2) is 0 Å². The SMILES string of the molecule is Cc1cc(C#N)ccc1CNc1cccc(Cl)c1C. The Bertz CT molecular complexity index is 642. The third-order valence-corrected chi connectivity index (χ3v) is 3.62. The monoisotopic (exact) mass is 270 g/mol. The molecule has 0 spiro atoms. The molecule has 1 N–H and O–H groups in total. The van der Waals surface area contributed by atoms with Crippen molar-refractivity contribution in [3.63, 3.8) is 0 Å². The summed E-state index contributed by atoms with van der Waals surface area (Å²) in [6.07, 6.45) is 0. The summed E-state index contributed by atoms with van der Waals surface area (Å²) >= 11 is 6.09. The van der Waals surface area contributed by atoms with Crippen molar-refractivity contribution in [1.82, 2.24) is 0 Å². The van der Waals surface area contributed by atoms with Crippen LogP contribution in [0, 0.1) is 25.2 Å². The van der Waals surface area contributed by atoms with Gasteiger partial charge in [-0.05, 0) is 54.8 Å². The highest BCUT2D eigenvalue weighted by molar-refractivity contribution is 6.31. The lowest BCUT2D eigenvalue weighted by Crippen LogP contribution is -2.03. The maximum Gasteiger partial charge on any atom is 0.0991 e. The number of benzene rings is 2. The van der Waals surface area contributed by atoms with Gasteiger partial charge in [-0.25, -0.2) is 0 Å². The van der Waals surface area contributed by atoms with Crippen LogP contribution in [0.5, 0.6) is 0 Å². The van der Waals surface area contributed by atoms with Gasteiger partial charge < -0.3 is 5.32 Å². The highest BCUT2D eigenvalue weighted by Gasteiger charge is 2.03. The summed E-state index contributed by atoms with van der Waals surface area (Å²) in [6.45, 7) is 4.73. The topological polar surface area (TPSA) is 35.8 Å². The highest BCUT2D eigenvalue weighted by atomic mass is 35.5. The van der Waals surface area contributed by atoms with Crippen LogP contribution in [0.2, 0.25) is 5.02 Å². The van der Waals surface area contributed by atoms with E-state index in [0.717, 1.165) is 28.4 Å². The van der Waals surface area contributed by atoms with Crippen molar-refractivity contribution in [2.45, 2.75) is 20.4 Å². The van der Waals surface area contributed by atoms with Gasteiger partial charge in [0.2, 0.25) is 0 Å². The molecule has 0 aliphatic heterocycles. The Labute approximate surface area is 118 Å². The Kier molecular flexibility index (Phi) is 4.09. The van der Waals surface area contributed by atoms with Crippen molar-refractivity contribution in [2.75, 3.05) is 5.32 Å². The summed E-state index contributed by atoms with van der Waals surface area (Å²) in [5.41, 5.74) is 5.08. The first-order valence-electron chi connectivity index (χ1n) is 6.10. The molecule has 3 heteroatoms. The van der Waals surface area contributed by atoms with Crippen LogP contribution in [-0.2, 0) is 6.54 Å². The third-order valence-electron chi connectivity index (χ3n) is 3.21. The maximum absolute atomic E-state index is 8.85. The van der Waals surface area contributed by atoms with Gasteiger partial charge in [-0.2, -0.15) is 5.26 Å². The number of nitriles is 1. The molecule has 0 fully saturated rings. The van der Waals surface area contributed by atoms with Gasteiger partial charge >= 0.3 is 0 Å². The van der Waals surface area contributed by atoms with Crippen LogP contribution in [0.25, 0.3) is 0 Å². The van der Waals surface area contributed by atoms with E-state index < -0.39 is 0 Å². The molecule has 0 heterocycles. The second kappa shape index (κ2) is 5.77. The fourth-order valence-corrected chi connectivity index (χ4v) is 2.13. The van der Waals surface area contributed by atoms with E-state index in [1.165, 1.54) is 5.56 Å². The van der Waals surface area contributed by atoms with Gasteiger partial charge in [0.05, 0.1) is 11.6 Å². The van der Waals surface area contributed by atoms with Gasteiger partial charge in [0.15, 0.2) is 0 Å². The second-order valence-electron chi connectivity index (χ2n) is 4.52. The molecule has 0 unspecified atom stereocenters. The minimum Gasteiger partial charge on any atom is -0.381 e. The molecule has 0 amide bonds. The Morgan fingerprint density at radius 3 is 2.68 bits per heavy atom. The molecular formula is C16H15ClN2. The molecule has 0 bridgehead atoms. The number of anilines is 1. The summed E-state index contributed by atoms with van der Waals surface area (Å²) in [7, 11) is 0. The number of rotatable bonds is 3. The molecule has 96 valence electrons. The van der Waals surface area contributed by atoms with Crippen molar-refractivity contribution in [2.24, 2.45) is 0 Å². The number of aryl methyl sites for hydroxylation is 1. The summed E-state index contributed by atoms with van der Waals surface area (Å²) < 4.78 is 0. The first kappa shape index (κ1) is 13.5. The zero-order chi connectivity index (χ0) is 13.8. The lowest BCUT2D eigenvalue weighted by molar-refractivity contribution is 1.11. The molecule has 0 aliphatic carbocycles. The quantitative estimate of drug-likeness (QED) is 0.895. The van der Waals surface area contributed by atoms with Crippen LogP contribution in [0.4, 0.5) is 5.69 Å². The van der Waals surface area contributed by atoms with Gasteiger partial charge in [-0.3, -0.25) is 0 Å². The number of nitrogens with zero attached hydrogens (tertiary/aromatic N) is 1. The number of hydrogen-bond donors (Lipinski definition) is 1. The largest absolute Gasteiger partial charge is 0.381 e. The fraction of sp³-hybridized carbons (Fsp3) is 0.188. The van der Waals surface area contributed by atoms with E-state index in [-0.39, 0.29) is 0 Å². The van der Waals surface area contributed by atoms with Crippen molar-refractivity contribution >= 4 is 17.3 Å². The van der Waals surface area contributed by atoms with Crippen molar-refractivity contribution in [3.8, 4) is 6.07 Å². The average molecular weight is 271 g/mol. The molecule has 0 aliphatic rings. The van der Waals surface area contributed by atoms with E-state index in [4.69, 9.17) is 16.9 Å². The predicted octanol–water partition coefficient (Wildman–Crippen LogP) is 4.44. The van der Waals surface area contributed by atoms with Crippen LogP contribution in [0.15, 0.2) is 36.4 Å². The smallest absolute Gasteiger partial charge is 0.0991 e. The molecule has 2 aromatic rings.